The summed E-state index contributed by atoms with van der Waals surface area (Å²) in [4.78, 5) is 17.3. The lowest BCUT2D eigenvalue weighted by Crippen LogP contribution is -2.42. The summed E-state index contributed by atoms with van der Waals surface area (Å²) >= 11 is 1.37. The van der Waals surface area contributed by atoms with Crippen molar-refractivity contribution in [1.29, 1.82) is 5.26 Å². The molecule has 12 heteroatoms. The molecule has 3 aromatic rings. The molecule has 0 spiro atoms. The van der Waals surface area contributed by atoms with E-state index in [0.717, 1.165) is 12.4 Å². The maximum absolute atomic E-state index is 13.4. The van der Waals surface area contributed by atoms with Crippen LogP contribution in [0.3, 0.4) is 0 Å². The second kappa shape index (κ2) is 8.23. The van der Waals surface area contributed by atoms with Crippen molar-refractivity contribution in [2.24, 2.45) is 0 Å². The van der Waals surface area contributed by atoms with E-state index < -0.39 is 29.6 Å². The molecule has 0 amide bonds. The minimum absolute atomic E-state index is 0.163. The molecule has 0 unspecified atom stereocenters. The van der Waals surface area contributed by atoms with Crippen LogP contribution in [0.4, 0.5) is 22.0 Å². The molecular formula is C22H17F5N4O2S. The van der Waals surface area contributed by atoms with Gasteiger partial charge < -0.3 is 9.77 Å². The molecule has 0 radical (unpaired) electrons. The number of nitriles is 1. The molecule has 6 nitrogen and oxygen atoms in total. The molecule has 0 bridgehead atoms. The van der Waals surface area contributed by atoms with E-state index in [9.17, 15) is 37.2 Å². The Kier molecular flexibility index (Phi) is 5.80. The number of nitrogens with zero attached hydrogens (tertiary/aromatic N) is 4. The van der Waals surface area contributed by atoms with Gasteiger partial charge in [-0.3, -0.25) is 4.79 Å². The van der Waals surface area contributed by atoms with Gasteiger partial charge >= 0.3 is 12.1 Å². The van der Waals surface area contributed by atoms with Crippen molar-refractivity contribution in [3.63, 3.8) is 0 Å². The Morgan fingerprint density at radius 2 is 2.00 bits per heavy atom. The normalized spacial score (nSPS) is 15.3. The van der Waals surface area contributed by atoms with Gasteiger partial charge in [0.05, 0.1) is 28.3 Å². The second-order valence-corrected chi connectivity index (χ2v) is 9.31. The summed E-state index contributed by atoms with van der Waals surface area (Å²) in [6.45, 7) is 0.0351. The Labute approximate surface area is 194 Å². The molecule has 1 fully saturated rings. The van der Waals surface area contributed by atoms with E-state index in [0.29, 0.717) is 33.8 Å². The minimum atomic E-state index is -5.80. The molecule has 3 aromatic heterocycles. The van der Waals surface area contributed by atoms with Gasteiger partial charge in [0.2, 0.25) is 0 Å². The van der Waals surface area contributed by atoms with E-state index in [-0.39, 0.29) is 26.7 Å². The van der Waals surface area contributed by atoms with E-state index >= 15 is 0 Å². The van der Waals surface area contributed by atoms with Gasteiger partial charge in [0.25, 0.3) is 11.3 Å². The highest BCUT2D eigenvalue weighted by Crippen LogP contribution is 2.48. The molecule has 1 aliphatic rings. The Bertz CT molecular complexity index is 1380. The van der Waals surface area contributed by atoms with Crippen molar-refractivity contribution in [2.75, 3.05) is 5.75 Å². The highest BCUT2D eigenvalue weighted by atomic mass is 32.2. The van der Waals surface area contributed by atoms with Gasteiger partial charge in [0.15, 0.2) is 6.20 Å². The molecular weight excluding hydrogens is 479 g/mol. The van der Waals surface area contributed by atoms with Crippen molar-refractivity contribution < 1.29 is 26.7 Å². The molecule has 178 valence electrons. The topological polar surface area (TPSA) is 85.6 Å². The molecule has 0 atom stereocenters. The Morgan fingerprint density at radius 1 is 1.29 bits per heavy atom. The van der Waals surface area contributed by atoms with E-state index in [4.69, 9.17) is 0 Å². The lowest BCUT2D eigenvalue weighted by Gasteiger charge is -2.20. The van der Waals surface area contributed by atoms with Crippen LogP contribution in [0.5, 0.6) is 0 Å². The Hall–Kier alpha value is -3.20. The summed E-state index contributed by atoms with van der Waals surface area (Å²) in [5.74, 6) is -4.45. The van der Waals surface area contributed by atoms with E-state index in [2.05, 4.69) is 11.1 Å². The minimum Gasteiger partial charge on any atom is -0.618 e. The monoisotopic (exact) mass is 496 g/mol. The van der Waals surface area contributed by atoms with E-state index in [1.54, 1.807) is 6.07 Å². The number of pyridine rings is 3. The molecule has 0 aromatic carbocycles. The fourth-order valence-electron chi connectivity index (χ4n) is 3.64. The first kappa shape index (κ1) is 23.9. The molecule has 0 saturated heterocycles. The predicted molar refractivity (Wildman–Crippen MR) is 114 cm³/mol. The highest BCUT2D eigenvalue weighted by molar-refractivity contribution is 7.99. The van der Waals surface area contributed by atoms with Gasteiger partial charge in [-0.15, -0.1) is 11.8 Å². The smallest absolute Gasteiger partial charge is 0.455 e. The third-order valence-corrected chi connectivity index (χ3v) is 6.61. The summed E-state index contributed by atoms with van der Waals surface area (Å²) in [5, 5.41) is 22.5. The number of aromatic nitrogens is 3. The molecule has 0 aliphatic heterocycles. The molecule has 1 aliphatic carbocycles. The van der Waals surface area contributed by atoms with Gasteiger partial charge in [0, 0.05) is 18.0 Å². The lowest BCUT2D eigenvalue weighted by molar-refractivity contribution is -0.596. The van der Waals surface area contributed by atoms with Gasteiger partial charge in [0.1, 0.15) is 5.69 Å². The van der Waals surface area contributed by atoms with Crippen LogP contribution >= 0.6 is 11.8 Å². The predicted octanol–water partition coefficient (Wildman–Crippen LogP) is 4.56. The average molecular weight is 496 g/mol. The maximum atomic E-state index is 13.4. The number of hydrogen-bond donors (Lipinski definition) is 0. The highest BCUT2D eigenvalue weighted by Gasteiger charge is 2.57. The number of thioether (sulfide) groups is 1. The summed E-state index contributed by atoms with van der Waals surface area (Å²) < 4.78 is 65.4. The Balaban J connectivity index is 1.78. The van der Waals surface area contributed by atoms with Crippen LogP contribution in [-0.2, 0) is 12.0 Å². The van der Waals surface area contributed by atoms with Gasteiger partial charge in [-0.2, -0.15) is 31.9 Å². The van der Waals surface area contributed by atoms with Crippen LogP contribution in [0.2, 0.25) is 0 Å². The molecule has 0 N–H and O–H groups in total. The fraction of sp³-hybridized carbons (Fsp3) is 0.364. The number of fused-ring (bicyclic) bond motifs is 1. The van der Waals surface area contributed by atoms with Crippen LogP contribution < -0.4 is 10.3 Å². The summed E-state index contributed by atoms with van der Waals surface area (Å²) in [6.07, 6.45) is -1.24. The van der Waals surface area contributed by atoms with Gasteiger partial charge in [-0.05, 0) is 42.2 Å². The third-order valence-electron chi connectivity index (χ3n) is 5.70. The van der Waals surface area contributed by atoms with E-state index in [1.807, 2.05) is 6.92 Å². The average Bonchev–Trinajstić information content (AvgIpc) is 3.56. The third kappa shape index (κ3) is 4.09. The standard InChI is InChI=1S/C22H17F5N4O2S/c1-2-34-17-8-14(20(11-28)4-5-20)10-31(33)18(17)16-7-13-3-6-30(19(32)15(13)9-29-16)12-21(23,24)22(25,26)27/h3,6-10H,2,4-5,12H2,1H3. The van der Waals surface area contributed by atoms with Crippen molar-refractivity contribution in [3.8, 4) is 17.5 Å². The number of alkyl halides is 5. The van der Waals surface area contributed by atoms with Crippen LogP contribution in [0.15, 0.2) is 46.5 Å². The van der Waals surface area contributed by atoms with Crippen molar-refractivity contribution in [1.82, 2.24) is 9.55 Å². The molecule has 4 rings (SSSR count). The zero-order chi connectivity index (χ0) is 24.9. The van der Waals surface area contributed by atoms with E-state index in [1.165, 1.54) is 30.1 Å². The summed E-state index contributed by atoms with van der Waals surface area (Å²) in [6, 6.07) is 6.65. The van der Waals surface area contributed by atoms with Crippen molar-refractivity contribution >= 4 is 22.5 Å². The zero-order valence-corrected chi connectivity index (χ0v) is 18.5. The van der Waals surface area contributed by atoms with Crippen LogP contribution in [-0.4, -0.2) is 27.4 Å². The van der Waals surface area contributed by atoms with Crippen LogP contribution in [0, 0.1) is 16.5 Å². The zero-order valence-electron chi connectivity index (χ0n) is 17.7. The molecule has 3 heterocycles. The summed E-state index contributed by atoms with van der Waals surface area (Å²) in [7, 11) is 0. The Morgan fingerprint density at radius 3 is 2.59 bits per heavy atom. The summed E-state index contributed by atoms with van der Waals surface area (Å²) in [5.41, 5.74) is -0.727. The number of hydrogen-bond acceptors (Lipinski definition) is 5. The quantitative estimate of drug-likeness (QED) is 0.216. The lowest BCUT2D eigenvalue weighted by atomic mass is 9.99. The molecule has 34 heavy (non-hydrogen) atoms. The first-order valence-electron chi connectivity index (χ1n) is 10.2. The largest absolute Gasteiger partial charge is 0.618 e. The SMILES string of the molecule is CCSc1cc(C2(C#N)CC2)c[n+]([O-])c1-c1cc2ccn(CC(F)(F)C(F)(F)F)c(=O)c2cn1. The fourth-order valence-corrected chi connectivity index (χ4v) is 4.49. The van der Waals surface area contributed by atoms with Gasteiger partial charge in [-0.25, -0.2) is 4.98 Å². The second-order valence-electron chi connectivity index (χ2n) is 8.00. The number of rotatable bonds is 6. The molecule has 1 saturated carbocycles. The van der Waals surface area contributed by atoms with Crippen LogP contribution in [0.25, 0.3) is 22.2 Å². The van der Waals surface area contributed by atoms with Crippen LogP contribution in [0.1, 0.15) is 25.3 Å². The number of halogens is 5. The first-order valence-corrected chi connectivity index (χ1v) is 11.2. The van der Waals surface area contributed by atoms with Crippen molar-refractivity contribution in [2.45, 2.75) is 48.7 Å². The van der Waals surface area contributed by atoms with Gasteiger partial charge in [-0.1, -0.05) is 6.92 Å². The van der Waals surface area contributed by atoms with Crippen molar-refractivity contribution in [3.05, 3.63) is 57.9 Å². The maximum Gasteiger partial charge on any atom is 0.455 e. The first-order chi connectivity index (χ1) is 15.9.